The van der Waals surface area contributed by atoms with Crippen LogP contribution in [0.4, 0.5) is 0 Å². The van der Waals surface area contributed by atoms with Crippen LogP contribution >= 0.6 is 7.82 Å². The van der Waals surface area contributed by atoms with Crippen LogP contribution in [0, 0.1) is 0 Å². The van der Waals surface area contributed by atoms with Crippen LogP contribution < -0.4 is 10.6 Å². The van der Waals surface area contributed by atoms with Crippen LogP contribution in [-0.4, -0.2) is 162 Å². The highest BCUT2D eigenvalue weighted by Gasteiger charge is 2.52. The Morgan fingerprint density at radius 1 is 0.898 bits per heavy atom. The zero-order valence-corrected chi connectivity index (χ0v) is 26.9. The second kappa shape index (κ2) is 23.1. The predicted molar refractivity (Wildman–Crippen MR) is 152 cm³/mol. The van der Waals surface area contributed by atoms with Crippen LogP contribution in [0.5, 0.6) is 0 Å². The van der Waals surface area contributed by atoms with E-state index in [4.69, 9.17) is 23.5 Å². The first-order valence-electron chi connectivity index (χ1n) is 14.4. The van der Waals surface area contributed by atoms with E-state index in [1.54, 1.807) is 0 Å². The molecule has 0 aromatic carbocycles. The monoisotopic (exact) mass is 736 g/mol. The number of aliphatic hydroxyl groups excluding tert-OH is 4. The summed E-state index contributed by atoms with van der Waals surface area (Å²) in [5.74, 6) is -2.78. The summed E-state index contributed by atoms with van der Waals surface area (Å²) in [7, 11) is -5.40. The molecule has 1 aliphatic rings. The maximum Gasteiger partial charge on any atom is 0.470 e. The van der Waals surface area contributed by atoms with E-state index >= 15 is 0 Å². The highest BCUT2D eigenvalue weighted by Crippen LogP contribution is 2.42. The molecule has 0 aromatic heterocycles. The molecule has 9 atom stereocenters. The molecule has 0 aromatic rings. The Morgan fingerprint density at radius 2 is 1.47 bits per heavy atom. The van der Waals surface area contributed by atoms with Crippen LogP contribution in [0.1, 0.15) is 26.2 Å². The number of amides is 2. The number of carbonyl (C=O) groups is 6. The van der Waals surface area contributed by atoms with Gasteiger partial charge < -0.3 is 74.0 Å². The van der Waals surface area contributed by atoms with E-state index < -0.39 is 127 Å². The Balaban J connectivity index is 3.34. The molecule has 8 N–H and O–H groups in total. The molecule has 1 rings (SSSR count). The first-order valence-corrected chi connectivity index (χ1v) is 15.9. The van der Waals surface area contributed by atoms with Gasteiger partial charge in [-0.1, -0.05) is 0 Å². The smallest absolute Gasteiger partial charge is 0.467 e. The second-order valence-corrected chi connectivity index (χ2v) is 11.2. The quantitative estimate of drug-likeness (QED) is 0.0103. The summed E-state index contributed by atoms with van der Waals surface area (Å²) in [6.07, 6.45) is -13.7. The molecule has 24 heteroatoms. The zero-order chi connectivity index (χ0) is 37.0. The molecule has 282 valence electrons. The van der Waals surface area contributed by atoms with Gasteiger partial charge in [0.05, 0.1) is 58.4 Å². The lowest BCUT2D eigenvalue weighted by molar-refractivity contribution is -0.284. The summed E-state index contributed by atoms with van der Waals surface area (Å²) >= 11 is 0. The Kier molecular flexibility index (Phi) is 20.6. The molecule has 1 fully saturated rings. The Labute approximate surface area is 278 Å². The molecule has 23 nitrogen and oxygen atoms in total. The van der Waals surface area contributed by atoms with Crippen molar-refractivity contribution in [3.05, 3.63) is 0 Å². The van der Waals surface area contributed by atoms with Gasteiger partial charge in [-0.05, 0) is 6.92 Å². The third-order valence-corrected chi connectivity index (χ3v) is 6.88. The summed E-state index contributed by atoms with van der Waals surface area (Å²) < 4.78 is 51.9. The maximum atomic E-state index is 12.7. The number of phosphoric ester groups is 1. The average Bonchev–Trinajstić information content (AvgIpc) is 3.03. The van der Waals surface area contributed by atoms with Gasteiger partial charge >= 0.3 is 13.8 Å². The van der Waals surface area contributed by atoms with Gasteiger partial charge in [-0.15, -0.1) is 0 Å². The van der Waals surface area contributed by atoms with E-state index in [1.165, 1.54) is 6.92 Å². The number of carbonyl (C=O) groups excluding carboxylic acids is 6. The Hall–Kier alpha value is -3.35. The number of aliphatic hydroxyl groups is 4. The van der Waals surface area contributed by atoms with Gasteiger partial charge in [0.25, 0.3) is 19.4 Å². The first kappa shape index (κ1) is 43.7. The molecule has 0 spiro atoms. The minimum Gasteiger partial charge on any atom is -0.467 e. The maximum absolute atomic E-state index is 12.7. The molecule has 2 amide bonds. The summed E-state index contributed by atoms with van der Waals surface area (Å²) in [5, 5.41) is 45.1. The number of phosphoric acid groups is 1. The van der Waals surface area contributed by atoms with Crippen molar-refractivity contribution < 1.29 is 101 Å². The predicted octanol–water partition coefficient (Wildman–Crippen LogP) is -5.15. The molecule has 0 aliphatic carbocycles. The molecule has 0 bridgehead atoms. The fraction of sp³-hybridized carbons (Fsp3) is 0.760. The largest absolute Gasteiger partial charge is 0.470 e. The SMILES string of the molecule is C[C@H](O)C(COC1OC(CO)C(OP(=O)(O)O)C(OC(=O)CCOC=O)C1NC(=O)CCOC=O)OC(O)[C@H](CO)NC(=O)CCOC=O. The molecule has 1 aliphatic heterocycles. The van der Waals surface area contributed by atoms with Crippen molar-refractivity contribution in [3.63, 3.8) is 0 Å². The first-order chi connectivity index (χ1) is 23.2. The summed E-state index contributed by atoms with van der Waals surface area (Å²) in [6, 6.07) is -3.16. The molecule has 49 heavy (non-hydrogen) atoms. The van der Waals surface area contributed by atoms with Crippen LogP contribution in [0.25, 0.3) is 0 Å². The zero-order valence-electron chi connectivity index (χ0n) is 26.0. The van der Waals surface area contributed by atoms with Gasteiger partial charge in [-0.2, -0.15) is 0 Å². The van der Waals surface area contributed by atoms with Crippen LogP contribution in [0.2, 0.25) is 0 Å². The molecule has 0 radical (unpaired) electrons. The van der Waals surface area contributed by atoms with Gasteiger partial charge in [0, 0.05) is 0 Å². The van der Waals surface area contributed by atoms with Crippen LogP contribution in [-0.2, 0) is 71.0 Å². The van der Waals surface area contributed by atoms with Crippen molar-refractivity contribution in [2.24, 2.45) is 0 Å². The number of esters is 1. The molecule has 7 unspecified atom stereocenters. The lowest BCUT2D eigenvalue weighted by Gasteiger charge is -2.45. The van der Waals surface area contributed by atoms with Crippen molar-refractivity contribution in [2.75, 3.05) is 39.6 Å². The number of nitrogens with one attached hydrogen (secondary N) is 2. The highest BCUT2D eigenvalue weighted by atomic mass is 31.2. The molecule has 1 saturated heterocycles. The molecular formula is C25H41N2O21P. The van der Waals surface area contributed by atoms with Crippen molar-refractivity contribution in [1.82, 2.24) is 10.6 Å². The van der Waals surface area contributed by atoms with Crippen molar-refractivity contribution in [3.8, 4) is 0 Å². The lowest BCUT2D eigenvalue weighted by Crippen LogP contribution is -2.66. The standard InChI is InChI=1S/C25H41N2O21P/c1-14(33)17(45-24(37)15(8-28)26-18(34)2-5-41-11-30)10-44-25-21(27-19(35)3-6-42-12-31)23(47-20(36)4-7-43-13-32)22(16(9-29)46-25)48-49(38,39)40/h11-17,21-25,28-29,33,37H,2-10H2,1H3,(H,26,34)(H,27,35)(H2,38,39,40)/t14-,15-,16?,17?,21?,22?,23?,24?,25?/m0/s1. The lowest BCUT2D eigenvalue weighted by atomic mass is 9.96. The van der Waals surface area contributed by atoms with Crippen LogP contribution in [0.3, 0.4) is 0 Å². The molecule has 1 heterocycles. The third-order valence-electron chi connectivity index (χ3n) is 6.37. The van der Waals surface area contributed by atoms with Gasteiger partial charge in [0.2, 0.25) is 11.8 Å². The Morgan fingerprint density at radius 3 is 1.98 bits per heavy atom. The topological polar surface area (TPSA) is 339 Å². The van der Waals surface area contributed by atoms with E-state index in [2.05, 4.69) is 24.8 Å². The number of ether oxygens (including phenoxy) is 7. The van der Waals surface area contributed by atoms with Crippen LogP contribution in [0.15, 0.2) is 0 Å². The highest BCUT2D eigenvalue weighted by molar-refractivity contribution is 7.46. The van der Waals surface area contributed by atoms with E-state index in [0.29, 0.717) is 0 Å². The second-order valence-electron chi connectivity index (χ2n) is 9.98. The Bertz CT molecular complexity index is 1090. The van der Waals surface area contributed by atoms with Crippen molar-refractivity contribution in [2.45, 2.75) is 81.4 Å². The number of hydrogen-bond acceptors (Lipinski definition) is 19. The molecular weight excluding hydrogens is 695 g/mol. The minimum atomic E-state index is -5.40. The summed E-state index contributed by atoms with van der Waals surface area (Å²) in [5.41, 5.74) is 0. The summed E-state index contributed by atoms with van der Waals surface area (Å²) in [4.78, 5) is 87.7. The fourth-order valence-electron chi connectivity index (χ4n) is 4.07. The number of hydrogen-bond donors (Lipinski definition) is 8. The van der Waals surface area contributed by atoms with E-state index in [-0.39, 0.29) is 32.4 Å². The average molecular weight is 737 g/mol. The number of rotatable bonds is 26. The third kappa shape index (κ3) is 16.7. The van der Waals surface area contributed by atoms with E-state index in [9.17, 15) is 63.5 Å². The fourth-order valence-corrected chi connectivity index (χ4v) is 4.65. The summed E-state index contributed by atoms with van der Waals surface area (Å²) in [6.45, 7) is -2.39. The van der Waals surface area contributed by atoms with Gasteiger partial charge in [0.15, 0.2) is 18.7 Å². The van der Waals surface area contributed by atoms with E-state index in [1.807, 2.05) is 0 Å². The molecule has 0 saturated carbocycles. The van der Waals surface area contributed by atoms with Gasteiger partial charge in [0.1, 0.15) is 37.0 Å². The minimum absolute atomic E-state index is 0.0385. The van der Waals surface area contributed by atoms with Crippen molar-refractivity contribution in [1.29, 1.82) is 0 Å². The van der Waals surface area contributed by atoms with Gasteiger partial charge in [-0.25, -0.2) is 4.57 Å². The normalized spacial score (nSPS) is 23.1. The van der Waals surface area contributed by atoms with Gasteiger partial charge in [-0.3, -0.25) is 33.3 Å². The van der Waals surface area contributed by atoms with E-state index in [0.717, 1.165) is 0 Å². The van der Waals surface area contributed by atoms with Crippen molar-refractivity contribution >= 4 is 45.0 Å².